The van der Waals surface area contributed by atoms with Crippen LogP contribution in [0.5, 0.6) is 0 Å². The highest BCUT2D eigenvalue weighted by molar-refractivity contribution is 5.88. The summed E-state index contributed by atoms with van der Waals surface area (Å²) in [7, 11) is 4.67. The Kier molecular flexibility index (Phi) is 14.1. The molecule has 0 aromatic carbocycles. The van der Waals surface area contributed by atoms with Gasteiger partial charge >= 0.3 is 5.97 Å². The van der Waals surface area contributed by atoms with E-state index in [1.54, 1.807) is 41.7 Å². The van der Waals surface area contributed by atoms with Crippen LogP contribution >= 0.6 is 0 Å². The monoisotopic (exact) mass is 633 g/mol. The lowest BCUT2D eigenvalue weighted by atomic mass is 9.75. The van der Waals surface area contributed by atoms with Crippen molar-refractivity contribution in [3.8, 4) is 0 Å². The van der Waals surface area contributed by atoms with Crippen LogP contribution < -0.4 is 0 Å². The Morgan fingerprint density at radius 1 is 0.932 bits per heavy atom. The second-order valence-electron chi connectivity index (χ2n) is 13.6. The Labute approximate surface area is 263 Å². The van der Waals surface area contributed by atoms with Crippen molar-refractivity contribution in [3.05, 3.63) is 0 Å². The van der Waals surface area contributed by atoms with E-state index in [0.717, 1.165) is 0 Å². The molecule has 0 amide bonds. The summed E-state index contributed by atoms with van der Waals surface area (Å²) in [6.07, 6.45) is -3.75. The minimum absolute atomic E-state index is 0.0822. The fraction of sp³-hybridized carbons (Fsp3) is 0.938. The molecule has 0 saturated carbocycles. The molecule has 0 bridgehead atoms. The maximum absolute atomic E-state index is 13.8. The van der Waals surface area contributed by atoms with Crippen LogP contribution in [0.4, 0.5) is 0 Å². The summed E-state index contributed by atoms with van der Waals surface area (Å²) in [5.74, 6) is -2.47. The zero-order valence-corrected chi connectivity index (χ0v) is 28.9. The van der Waals surface area contributed by atoms with E-state index < -0.39 is 71.4 Å². The van der Waals surface area contributed by atoms with Gasteiger partial charge in [0.05, 0.1) is 41.1 Å². The van der Waals surface area contributed by atoms with Crippen LogP contribution in [0.2, 0.25) is 0 Å². The van der Waals surface area contributed by atoms with E-state index in [2.05, 4.69) is 5.16 Å². The summed E-state index contributed by atoms with van der Waals surface area (Å²) in [4.78, 5) is 19.1. The van der Waals surface area contributed by atoms with Crippen LogP contribution in [-0.4, -0.2) is 109 Å². The van der Waals surface area contributed by atoms with E-state index in [1.807, 2.05) is 20.8 Å². The third-order valence-electron chi connectivity index (χ3n) is 9.86. The van der Waals surface area contributed by atoms with Gasteiger partial charge in [0.15, 0.2) is 6.29 Å². The second kappa shape index (κ2) is 15.9. The number of hydrogen-bond donors (Lipinski definition) is 3. The summed E-state index contributed by atoms with van der Waals surface area (Å²) in [6, 6.07) is 0. The Hall–Kier alpha value is -1.38. The number of carbonyl (C=O) groups is 1. The molecular formula is C32H59NO11. The standard InChI is InChI=1S/C32H59NO11/c1-13-23-32(9,37)27(34)20(4)25(33-41-17-38-10)18(2)14-30(7,39-11)15-19(3)26(21(5)29(36)43-23)44-24-16-31(8,40-12)28(35)22(6)42-24/h18-24,26-28,34-35,37H,13-17H2,1-12H3/b33-25+/t18-,19-,20?,21-,22?,23-,24+,26+,27?,28+,30-,31-,32-/m1/s1. The van der Waals surface area contributed by atoms with Crippen molar-refractivity contribution in [2.24, 2.45) is 28.8 Å². The maximum atomic E-state index is 13.8. The molecule has 258 valence electrons. The Bertz CT molecular complexity index is 947. The van der Waals surface area contributed by atoms with Gasteiger partial charge in [0.1, 0.15) is 17.8 Å². The summed E-state index contributed by atoms with van der Waals surface area (Å²) < 4.78 is 35.3. The second-order valence-corrected chi connectivity index (χ2v) is 13.6. The molecule has 0 aromatic heterocycles. The molecule has 0 spiro atoms. The normalized spacial score (nSPS) is 45.9. The average Bonchev–Trinajstić information content (AvgIpc) is 2.97. The van der Waals surface area contributed by atoms with Crippen molar-refractivity contribution in [2.45, 2.75) is 142 Å². The third-order valence-corrected chi connectivity index (χ3v) is 9.86. The predicted molar refractivity (Wildman–Crippen MR) is 164 cm³/mol. The van der Waals surface area contributed by atoms with Gasteiger partial charge in [-0.1, -0.05) is 32.9 Å². The minimum Gasteiger partial charge on any atom is -0.459 e. The van der Waals surface area contributed by atoms with E-state index in [1.165, 1.54) is 21.1 Å². The molecule has 0 aromatic rings. The lowest BCUT2D eigenvalue weighted by Gasteiger charge is -2.46. The average molecular weight is 634 g/mol. The fourth-order valence-corrected chi connectivity index (χ4v) is 6.95. The lowest BCUT2D eigenvalue weighted by molar-refractivity contribution is -0.296. The number of ether oxygens (including phenoxy) is 6. The summed E-state index contributed by atoms with van der Waals surface area (Å²) in [6.45, 7) is 16.2. The molecule has 12 nitrogen and oxygen atoms in total. The number of methoxy groups -OCH3 is 3. The molecule has 2 rings (SSSR count). The zero-order valence-electron chi connectivity index (χ0n) is 28.9. The molecule has 2 fully saturated rings. The molecule has 12 heteroatoms. The molecule has 0 radical (unpaired) electrons. The molecule has 2 heterocycles. The lowest BCUT2D eigenvalue weighted by Crippen LogP contribution is -2.58. The topological polar surface area (TPSA) is 155 Å². The van der Waals surface area contributed by atoms with Crippen molar-refractivity contribution < 1.29 is 53.4 Å². The molecule has 3 N–H and O–H groups in total. The van der Waals surface area contributed by atoms with Gasteiger partial charge in [-0.3, -0.25) is 4.79 Å². The highest BCUT2D eigenvalue weighted by Gasteiger charge is 2.50. The number of aliphatic hydroxyl groups excluding tert-OH is 2. The molecule has 2 saturated heterocycles. The van der Waals surface area contributed by atoms with E-state index in [-0.39, 0.29) is 31.5 Å². The first-order chi connectivity index (χ1) is 20.4. The number of esters is 1. The third kappa shape index (κ3) is 8.90. The smallest absolute Gasteiger partial charge is 0.311 e. The van der Waals surface area contributed by atoms with Gasteiger partial charge in [0.2, 0.25) is 6.79 Å². The highest BCUT2D eigenvalue weighted by atomic mass is 16.7. The molecule has 0 aliphatic carbocycles. The van der Waals surface area contributed by atoms with Crippen LogP contribution in [0.3, 0.4) is 0 Å². The van der Waals surface area contributed by atoms with Gasteiger partial charge in [-0.15, -0.1) is 0 Å². The molecule has 2 aliphatic rings. The van der Waals surface area contributed by atoms with Crippen LogP contribution in [0, 0.1) is 23.7 Å². The largest absolute Gasteiger partial charge is 0.459 e. The number of nitrogens with zero attached hydrogens (tertiary/aromatic N) is 1. The molecule has 44 heavy (non-hydrogen) atoms. The first-order valence-corrected chi connectivity index (χ1v) is 15.8. The van der Waals surface area contributed by atoms with Gasteiger partial charge in [-0.25, -0.2) is 0 Å². The van der Waals surface area contributed by atoms with Crippen LogP contribution in [0.1, 0.15) is 88.0 Å². The summed E-state index contributed by atoms with van der Waals surface area (Å²) in [5.41, 5.74) is -2.91. The molecule has 13 atom stereocenters. The van der Waals surface area contributed by atoms with E-state index in [9.17, 15) is 20.1 Å². The molecule has 2 aliphatic heterocycles. The zero-order chi connectivity index (χ0) is 33.6. The van der Waals surface area contributed by atoms with Crippen molar-refractivity contribution in [1.29, 1.82) is 0 Å². The van der Waals surface area contributed by atoms with E-state index in [4.69, 9.17) is 33.3 Å². The van der Waals surface area contributed by atoms with Gasteiger partial charge in [0, 0.05) is 39.6 Å². The van der Waals surface area contributed by atoms with E-state index >= 15 is 0 Å². The van der Waals surface area contributed by atoms with Crippen molar-refractivity contribution in [3.63, 3.8) is 0 Å². The first kappa shape index (κ1) is 38.8. The fourth-order valence-electron chi connectivity index (χ4n) is 6.95. The Morgan fingerprint density at radius 3 is 2.11 bits per heavy atom. The van der Waals surface area contributed by atoms with Crippen LogP contribution in [0.25, 0.3) is 0 Å². The summed E-state index contributed by atoms with van der Waals surface area (Å²) >= 11 is 0. The number of carbonyl (C=O) groups excluding carboxylic acids is 1. The first-order valence-electron chi connectivity index (χ1n) is 15.8. The molecular weight excluding hydrogens is 574 g/mol. The summed E-state index contributed by atoms with van der Waals surface area (Å²) in [5, 5.41) is 38.2. The number of rotatable bonds is 8. The van der Waals surface area contributed by atoms with Gasteiger partial charge in [-0.05, 0) is 59.8 Å². The van der Waals surface area contributed by atoms with Crippen molar-refractivity contribution in [1.82, 2.24) is 0 Å². The molecule has 3 unspecified atom stereocenters. The van der Waals surface area contributed by atoms with Gasteiger partial charge < -0.3 is 48.6 Å². The Morgan fingerprint density at radius 2 is 1.57 bits per heavy atom. The Balaban J connectivity index is 2.59. The quantitative estimate of drug-likeness (QED) is 0.156. The maximum Gasteiger partial charge on any atom is 0.311 e. The van der Waals surface area contributed by atoms with Crippen LogP contribution in [-0.2, 0) is 38.1 Å². The number of cyclic esters (lactones) is 1. The highest BCUT2D eigenvalue weighted by Crippen LogP contribution is 2.39. The number of aliphatic hydroxyl groups is 3. The van der Waals surface area contributed by atoms with Crippen molar-refractivity contribution >= 4 is 11.7 Å². The SMILES string of the molecule is CC[C@H]1OC(=O)[C@H](C)[C@@H](O[C@H]2C[C@@](C)(OC)[C@@H](O)C(C)O2)[C@H](C)C[C@](C)(OC)C[C@@H](C)/C(=N\OCOC)C(C)C(O)[C@]1(C)O. The minimum atomic E-state index is -1.82. The predicted octanol–water partition coefficient (Wildman–Crippen LogP) is 3.43. The van der Waals surface area contributed by atoms with Gasteiger partial charge in [0.25, 0.3) is 0 Å². The van der Waals surface area contributed by atoms with Gasteiger partial charge in [-0.2, -0.15) is 0 Å². The van der Waals surface area contributed by atoms with E-state index in [0.29, 0.717) is 18.6 Å². The number of hydrogen-bond acceptors (Lipinski definition) is 12. The number of oxime groups is 1. The van der Waals surface area contributed by atoms with Crippen LogP contribution in [0.15, 0.2) is 5.16 Å². The van der Waals surface area contributed by atoms with Crippen molar-refractivity contribution in [2.75, 3.05) is 28.1 Å².